The van der Waals surface area contributed by atoms with Crippen molar-refractivity contribution >= 4 is 12.1 Å². The smallest absolute Gasteiger partial charge is 0.277 e. The molecule has 0 aromatic heterocycles. The van der Waals surface area contributed by atoms with Crippen LogP contribution in [-0.2, 0) is 4.79 Å². The monoisotopic (exact) mass is 366 g/mol. The predicted octanol–water partition coefficient (Wildman–Crippen LogP) is 4.16. The summed E-state index contributed by atoms with van der Waals surface area (Å²) in [6.45, 7) is -0.291. The van der Waals surface area contributed by atoms with E-state index in [-0.39, 0.29) is 12.2 Å². The second-order valence-corrected chi connectivity index (χ2v) is 5.58. The van der Waals surface area contributed by atoms with E-state index in [1.807, 2.05) is 42.5 Å². The molecule has 3 aromatic rings. The highest BCUT2D eigenvalue weighted by atomic mass is 19.1. The Morgan fingerprint density at radius 2 is 1.59 bits per heavy atom. The van der Waals surface area contributed by atoms with Crippen LogP contribution in [0.5, 0.6) is 5.75 Å². The van der Waals surface area contributed by atoms with E-state index in [1.54, 1.807) is 12.1 Å². The Morgan fingerprint density at radius 3 is 2.33 bits per heavy atom. The molecule has 0 heterocycles. The third-order valence-corrected chi connectivity index (χ3v) is 3.71. The minimum absolute atomic E-state index is 0.291. The second-order valence-electron chi connectivity index (χ2n) is 5.58. The summed E-state index contributed by atoms with van der Waals surface area (Å²) >= 11 is 0. The first-order chi connectivity index (χ1) is 13.1. The lowest BCUT2D eigenvalue weighted by Gasteiger charge is -2.10. The van der Waals surface area contributed by atoms with Crippen LogP contribution >= 0.6 is 0 Å². The van der Waals surface area contributed by atoms with Gasteiger partial charge in [-0.1, -0.05) is 54.6 Å². The van der Waals surface area contributed by atoms with Gasteiger partial charge in [0.05, 0.1) is 11.8 Å². The number of carbonyl (C=O) groups is 1. The number of amides is 1. The van der Waals surface area contributed by atoms with E-state index >= 15 is 0 Å². The molecular formula is C21H16F2N2O2. The van der Waals surface area contributed by atoms with Gasteiger partial charge in [-0.25, -0.2) is 14.2 Å². The molecular weight excluding hydrogens is 350 g/mol. The summed E-state index contributed by atoms with van der Waals surface area (Å²) in [6.07, 6.45) is 0.917. The zero-order chi connectivity index (χ0) is 19.1. The fourth-order valence-corrected chi connectivity index (χ4v) is 2.43. The highest BCUT2D eigenvalue weighted by molar-refractivity contribution is 5.83. The average molecular weight is 366 g/mol. The van der Waals surface area contributed by atoms with Crippen LogP contribution in [-0.4, -0.2) is 18.7 Å². The van der Waals surface area contributed by atoms with Gasteiger partial charge in [-0.05, 0) is 23.8 Å². The number of nitrogens with one attached hydrogen (secondary N) is 1. The molecule has 0 saturated carbocycles. The third kappa shape index (κ3) is 4.76. The molecule has 0 bridgehead atoms. The number of carbonyl (C=O) groups excluding carboxylic acids is 1. The topological polar surface area (TPSA) is 50.7 Å². The van der Waals surface area contributed by atoms with Crippen molar-refractivity contribution in [3.63, 3.8) is 0 Å². The van der Waals surface area contributed by atoms with Gasteiger partial charge in [-0.3, -0.25) is 4.79 Å². The Labute approximate surface area is 155 Å². The Balaban J connectivity index is 1.61. The summed E-state index contributed by atoms with van der Waals surface area (Å²) in [7, 11) is 0. The maximum atomic E-state index is 13.5. The Hall–Kier alpha value is -3.54. The minimum atomic E-state index is -0.763. The number of hydrogen-bond donors (Lipinski definition) is 1. The number of halogens is 2. The fraction of sp³-hybridized carbons (Fsp3) is 0.0476. The van der Waals surface area contributed by atoms with Crippen LogP contribution in [0.2, 0.25) is 0 Å². The van der Waals surface area contributed by atoms with Gasteiger partial charge < -0.3 is 4.74 Å². The van der Waals surface area contributed by atoms with E-state index in [0.717, 1.165) is 29.5 Å². The third-order valence-electron chi connectivity index (χ3n) is 3.71. The number of hydrogen-bond acceptors (Lipinski definition) is 3. The van der Waals surface area contributed by atoms with Gasteiger partial charge in [-0.2, -0.15) is 5.10 Å². The molecule has 0 fully saturated rings. The van der Waals surface area contributed by atoms with Crippen molar-refractivity contribution < 1.29 is 18.3 Å². The van der Waals surface area contributed by atoms with Crippen LogP contribution in [0.1, 0.15) is 5.56 Å². The molecule has 6 heteroatoms. The van der Waals surface area contributed by atoms with E-state index in [9.17, 15) is 13.6 Å². The summed E-state index contributed by atoms with van der Waals surface area (Å²) in [5.74, 6) is -1.53. The minimum Gasteiger partial charge on any atom is -0.483 e. The number of benzene rings is 3. The lowest BCUT2D eigenvalue weighted by molar-refractivity contribution is -0.123. The molecule has 3 rings (SSSR count). The van der Waals surface area contributed by atoms with Gasteiger partial charge in [0.2, 0.25) is 0 Å². The van der Waals surface area contributed by atoms with Crippen LogP contribution < -0.4 is 10.2 Å². The van der Waals surface area contributed by atoms with E-state index in [2.05, 4.69) is 10.5 Å². The molecule has 0 radical (unpaired) electrons. The Bertz CT molecular complexity index is 939. The summed E-state index contributed by atoms with van der Waals surface area (Å²) < 4.78 is 32.5. The molecule has 0 aliphatic rings. The second kappa shape index (κ2) is 8.71. The summed E-state index contributed by atoms with van der Waals surface area (Å²) in [4.78, 5) is 11.9. The summed E-state index contributed by atoms with van der Waals surface area (Å²) in [5, 5.41) is 3.57. The lowest BCUT2D eigenvalue weighted by Crippen LogP contribution is -2.24. The Kier molecular flexibility index (Phi) is 5.89. The van der Waals surface area contributed by atoms with Crippen LogP contribution in [0, 0.1) is 11.6 Å². The van der Waals surface area contributed by atoms with Gasteiger partial charge in [0.25, 0.3) is 5.91 Å². The molecule has 1 N–H and O–H groups in total. The molecule has 136 valence electrons. The van der Waals surface area contributed by atoms with Crippen molar-refractivity contribution in [1.29, 1.82) is 0 Å². The van der Waals surface area contributed by atoms with Crippen LogP contribution in [0.3, 0.4) is 0 Å². The lowest BCUT2D eigenvalue weighted by atomic mass is 10.1. The van der Waals surface area contributed by atoms with E-state index in [1.165, 1.54) is 6.07 Å². The average Bonchev–Trinajstić information content (AvgIpc) is 2.69. The van der Waals surface area contributed by atoms with Crippen LogP contribution in [0.25, 0.3) is 11.1 Å². The molecule has 4 nitrogen and oxygen atoms in total. The maximum absolute atomic E-state index is 13.5. The normalized spacial score (nSPS) is 10.7. The molecule has 0 atom stereocenters. The summed E-state index contributed by atoms with van der Waals surface area (Å²) in [6, 6.07) is 20.4. The summed E-state index contributed by atoms with van der Waals surface area (Å²) in [5.41, 5.74) is 3.67. The van der Waals surface area contributed by atoms with Gasteiger partial charge in [0, 0.05) is 5.56 Å². The first-order valence-electron chi connectivity index (χ1n) is 8.18. The van der Waals surface area contributed by atoms with Crippen LogP contribution in [0.15, 0.2) is 77.9 Å². The zero-order valence-corrected chi connectivity index (χ0v) is 14.2. The van der Waals surface area contributed by atoms with Crippen molar-refractivity contribution in [1.82, 2.24) is 5.43 Å². The van der Waals surface area contributed by atoms with Gasteiger partial charge >= 0.3 is 0 Å². The molecule has 0 spiro atoms. The highest BCUT2D eigenvalue weighted by Gasteiger charge is 2.08. The number of nitrogens with zero attached hydrogens (tertiary/aromatic N) is 1. The zero-order valence-electron chi connectivity index (χ0n) is 14.2. The van der Waals surface area contributed by atoms with E-state index < -0.39 is 17.5 Å². The number of hydrazone groups is 1. The van der Waals surface area contributed by atoms with Crippen molar-refractivity contribution in [2.45, 2.75) is 0 Å². The van der Waals surface area contributed by atoms with Gasteiger partial charge in [-0.15, -0.1) is 0 Å². The first kappa shape index (κ1) is 18.3. The predicted molar refractivity (Wildman–Crippen MR) is 99.5 cm³/mol. The fourth-order valence-electron chi connectivity index (χ4n) is 2.43. The number of rotatable bonds is 6. The molecule has 0 aliphatic heterocycles. The van der Waals surface area contributed by atoms with Crippen molar-refractivity contribution in [3.8, 4) is 16.9 Å². The van der Waals surface area contributed by atoms with Gasteiger partial charge in [0.1, 0.15) is 17.4 Å². The Morgan fingerprint density at radius 1 is 0.926 bits per heavy atom. The quantitative estimate of drug-likeness (QED) is 0.526. The first-order valence-corrected chi connectivity index (χ1v) is 8.18. The van der Waals surface area contributed by atoms with E-state index in [4.69, 9.17) is 4.74 Å². The molecule has 0 unspecified atom stereocenters. The van der Waals surface area contributed by atoms with Gasteiger partial charge in [0.15, 0.2) is 6.61 Å². The standard InChI is InChI=1S/C21H16F2N2O2/c22-18-10-6-11-19(23)17(18)13-24-25-21(26)14-27-20-12-5-4-9-16(20)15-7-2-1-3-8-15/h1-13H,14H2,(H,25,26). The van der Waals surface area contributed by atoms with Crippen molar-refractivity contribution in [3.05, 3.63) is 90.0 Å². The molecule has 0 saturated heterocycles. The van der Waals surface area contributed by atoms with Crippen LogP contribution in [0.4, 0.5) is 8.78 Å². The van der Waals surface area contributed by atoms with Crippen molar-refractivity contribution in [2.24, 2.45) is 5.10 Å². The maximum Gasteiger partial charge on any atom is 0.277 e. The number of para-hydroxylation sites is 1. The van der Waals surface area contributed by atoms with E-state index in [0.29, 0.717) is 5.75 Å². The number of ether oxygens (including phenoxy) is 1. The molecule has 1 amide bonds. The van der Waals surface area contributed by atoms with Crippen molar-refractivity contribution in [2.75, 3.05) is 6.61 Å². The largest absolute Gasteiger partial charge is 0.483 e. The SMILES string of the molecule is O=C(COc1ccccc1-c1ccccc1)NN=Cc1c(F)cccc1F. The molecule has 3 aromatic carbocycles. The molecule has 0 aliphatic carbocycles. The highest BCUT2D eigenvalue weighted by Crippen LogP contribution is 2.29. The molecule has 27 heavy (non-hydrogen) atoms.